The van der Waals surface area contributed by atoms with Crippen LogP contribution in [0.1, 0.15) is 41.6 Å². The Morgan fingerprint density at radius 3 is 2.69 bits per heavy atom. The number of H-pyrrole nitrogens is 1. The number of hydrogen-bond donors (Lipinski definition) is 3. The van der Waals surface area contributed by atoms with Gasteiger partial charge in [-0.1, -0.05) is 23.7 Å². The average Bonchev–Trinajstić information content (AvgIpc) is 3.09. The van der Waals surface area contributed by atoms with Crippen LogP contribution in [0.4, 0.5) is 5.82 Å². The van der Waals surface area contributed by atoms with Crippen LogP contribution in [0.25, 0.3) is 11.0 Å². The van der Waals surface area contributed by atoms with Crippen LogP contribution in [0.5, 0.6) is 0 Å². The van der Waals surface area contributed by atoms with Gasteiger partial charge in [-0.2, -0.15) is 0 Å². The van der Waals surface area contributed by atoms with Crippen molar-refractivity contribution in [2.75, 3.05) is 5.32 Å². The Kier molecular flexibility index (Phi) is 4.61. The molecule has 0 amide bonds. The number of halogens is 1. The van der Waals surface area contributed by atoms with E-state index < -0.39 is 0 Å². The Labute approximate surface area is 155 Å². The Bertz CT molecular complexity index is 948. The molecule has 0 aliphatic heterocycles. The summed E-state index contributed by atoms with van der Waals surface area (Å²) < 4.78 is 0. The molecule has 1 aromatic carbocycles. The number of aromatic amines is 1. The van der Waals surface area contributed by atoms with Crippen molar-refractivity contribution in [3.05, 3.63) is 52.9 Å². The average molecular weight is 371 g/mol. The van der Waals surface area contributed by atoms with E-state index in [4.69, 9.17) is 11.6 Å². The van der Waals surface area contributed by atoms with Gasteiger partial charge in [0.25, 0.3) is 0 Å². The molecule has 26 heavy (non-hydrogen) atoms. The molecule has 1 aliphatic rings. The van der Waals surface area contributed by atoms with Crippen molar-refractivity contribution in [1.82, 2.24) is 15.0 Å². The number of aliphatic hydroxyl groups is 1. The third-order valence-electron chi connectivity index (χ3n) is 4.87. The summed E-state index contributed by atoms with van der Waals surface area (Å²) in [7, 11) is 0. The number of nitrogens with zero attached hydrogens (tertiary/aromatic N) is 2. The molecule has 1 fully saturated rings. The van der Waals surface area contributed by atoms with Crippen molar-refractivity contribution < 1.29 is 9.90 Å². The molecule has 0 unspecified atom stereocenters. The molecule has 2 heterocycles. The highest BCUT2D eigenvalue weighted by molar-refractivity contribution is 6.35. The third kappa shape index (κ3) is 3.18. The van der Waals surface area contributed by atoms with Crippen molar-refractivity contribution in [1.29, 1.82) is 0 Å². The van der Waals surface area contributed by atoms with Crippen LogP contribution in [0.3, 0.4) is 0 Å². The molecule has 2 aromatic heterocycles. The standard InChI is InChI=1S/C19H19ClN4O2/c20-15-4-2-1-3-13(15)17(26)14-9-21-18-16(14)19(23-10-22-18)24-11-5-7-12(25)8-6-11/h1-4,9-12,25H,5-8H2,(H2,21,22,23,24)/t11-,12+. The van der Waals surface area contributed by atoms with Gasteiger partial charge in [0.05, 0.1) is 22.1 Å². The van der Waals surface area contributed by atoms with Gasteiger partial charge in [0.15, 0.2) is 5.78 Å². The first-order valence-corrected chi connectivity index (χ1v) is 9.07. The molecule has 134 valence electrons. The molecular formula is C19H19ClN4O2. The maximum atomic E-state index is 13.0. The zero-order valence-electron chi connectivity index (χ0n) is 14.1. The highest BCUT2D eigenvalue weighted by Gasteiger charge is 2.23. The van der Waals surface area contributed by atoms with E-state index in [1.54, 1.807) is 30.5 Å². The van der Waals surface area contributed by atoms with Crippen LogP contribution in [0, 0.1) is 0 Å². The van der Waals surface area contributed by atoms with Gasteiger partial charge in [-0.25, -0.2) is 9.97 Å². The molecule has 0 spiro atoms. The summed E-state index contributed by atoms with van der Waals surface area (Å²) in [5.41, 5.74) is 1.55. The molecule has 3 N–H and O–H groups in total. The second-order valence-electron chi connectivity index (χ2n) is 6.61. The van der Waals surface area contributed by atoms with Crippen LogP contribution in [0.2, 0.25) is 5.02 Å². The predicted molar refractivity (Wildman–Crippen MR) is 101 cm³/mol. The molecule has 7 heteroatoms. The Morgan fingerprint density at radius 2 is 1.92 bits per heavy atom. The number of benzene rings is 1. The van der Waals surface area contributed by atoms with Gasteiger partial charge in [-0.05, 0) is 37.8 Å². The quantitative estimate of drug-likeness (QED) is 0.611. The molecule has 0 saturated heterocycles. The van der Waals surface area contributed by atoms with Crippen LogP contribution in [0.15, 0.2) is 36.8 Å². The Hall–Kier alpha value is -2.44. The Balaban J connectivity index is 1.71. The number of aromatic nitrogens is 3. The summed E-state index contributed by atoms with van der Waals surface area (Å²) in [5.74, 6) is 0.465. The first-order valence-electron chi connectivity index (χ1n) is 8.69. The van der Waals surface area contributed by atoms with E-state index in [9.17, 15) is 9.90 Å². The van der Waals surface area contributed by atoms with Gasteiger partial charge in [-0.3, -0.25) is 4.79 Å². The van der Waals surface area contributed by atoms with Gasteiger partial charge in [0.1, 0.15) is 17.8 Å². The second-order valence-corrected chi connectivity index (χ2v) is 7.01. The number of fused-ring (bicyclic) bond motifs is 1. The fourth-order valence-electron chi connectivity index (χ4n) is 3.46. The predicted octanol–water partition coefficient (Wildman–Crippen LogP) is 3.56. The molecule has 0 radical (unpaired) electrons. The van der Waals surface area contributed by atoms with Crippen molar-refractivity contribution in [2.24, 2.45) is 0 Å². The highest BCUT2D eigenvalue weighted by Crippen LogP contribution is 2.30. The van der Waals surface area contributed by atoms with Gasteiger partial charge in [-0.15, -0.1) is 0 Å². The molecule has 0 bridgehead atoms. The summed E-state index contributed by atoms with van der Waals surface area (Å²) in [6.45, 7) is 0. The van der Waals surface area contributed by atoms with Crippen molar-refractivity contribution >= 4 is 34.2 Å². The van der Waals surface area contributed by atoms with Crippen LogP contribution in [-0.4, -0.2) is 38.0 Å². The largest absolute Gasteiger partial charge is 0.393 e. The van der Waals surface area contributed by atoms with Crippen LogP contribution in [-0.2, 0) is 0 Å². The first kappa shape index (κ1) is 17.0. The Morgan fingerprint density at radius 1 is 1.15 bits per heavy atom. The number of nitrogens with one attached hydrogen (secondary N) is 2. The zero-order valence-corrected chi connectivity index (χ0v) is 14.8. The molecule has 1 saturated carbocycles. The number of aliphatic hydroxyl groups excluding tert-OH is 1. The molecule has 4 rings (SSSR count). The maximum Gasteiger partial charge on any atom is 0.196 e. The van der Waals surface area contributed by atoms with E-state index in [1.807, 2.05) is 0 Å². The third-order valence-corrected chi connectivity index (χ3v) is 5.20. The SMILES string of the molecule is O=C(c1ccccc1Cl)c1c[nH]c2ncnc(N[C@H]3CC[C@@H](O)CC3)c12. The number of hydrogen-bond acceptors (Lipinski definition) is 5. The molecule has 0 atom stereocenters. The van der Waals surface area contributed by atoms with Crippen molar-refractivity contribution in [2.45, 2.75) is 37.8 Å². The molecule has 6 nitrogen and oxygen atoms in total. The summed E-state index contributed by atoms with van der Waals surface area (Å²) in [6.07, 6.45) is 6.18. The number of rotatable bonds is 4. The summed E-state index contributed by atoms with van der Waals surface area (Å²) in [5, 5.41) is 14.2. The van der Waals surface area contributed by atoms with E-state index in [-0.39, 0.29) is 17.9 Å². The minimum Gasteiger partial charge on any atom is -0.393 e. The first-order chi connectivity index (χ1) is 12.6. The smallest absolute Gasteiger partial charge is 0.196 e. The number of carbonyl (C=O) groups is 1. The highest BCUT2D eigenvalue weighted by atomic mass is 35.5. The molecule has 3 aromatic rings. The lowest BCUT2D eigenvalue weighted by atomic mass is 9.93. The van der Waals surface area contributed by atoms with E-state index in [0.29, 0.717) is 33.0 Å². The van der Waals surface area contributed by atoms with E-state index in [0.717, 1.165) is 25.7 Å². The topological polar surface area (TPSA) is 90.9 Å². The lowest BCUT2D eigenvalue weighted by molar-refractivity contribution is 0.104. The van der Waals surface area contributed by atoms with Crippen LogP contribution < -0.4 is 5.32 Å². The summed E-state index contributed by atoms with van der Waals surface area (Å²) in [6, 6.07) is 7.21. The second kappa shape index (κ2) is 7.05. The van der Waals surface area contributed by atoms with E-state index >= 15 is 0 Å². The molecular weight excluding hydrogens is 352 g/mol. The summed E-state index contributed by atoms with van der Waals surface area (Å²) >= 11 is 6.19. The normalized spacial score (nSPS) is 20.2. The zero-order chi connectivity index (χ0) is 18.1. The number of ketones is 1. The summed E-state index contributed by atoms with van der Waals surface area (Å²) in [4.78, 5) is 24.7. The minimum atomic E-state index is -0.219. The van der Waals surface area contributed by atoms with Gasteiger partial charge < -0.3 is 15.4 Å². The van der Waals surface area contributed by atoms with E-state index in [2.05, 4.69) is 20.3 Å². The van der Waals surface area contributed by atoms with Crippen molar-refractivity contribution in [3.8, 4) is 0 Å². The van der Waals surface area contributed by atoms with Gasteiger partial charge >= 0.3 is 0 Å². The lowest BCUT2D eigenvalue weighted by Crippen LogP contribution is -2.28. The van der Waals surface area contributed by atoms with Gasteiger partial charge in [0, 0.05) is 17.8 Å². The molecule has 1 aliphatic carbocycles. The number of carbonyl (C=O) groups excluding carboxylic acids is 1. The minimum absolute atomic E-state index is 0.168. The fourth-order valence-corrected chi connectivity index (χ4v) is 3.68. The van der Waals surface area contributed by atoms with Crippen LogP contribution >= 0.6 is 11.6 Å². The number of anilines is 1. The van der Waals surface area contributed by atoms with Crippen molar-refractivity contribution in [3.63, 3.8) is 0 Å². The maximum absolute atomic E-state index is 13.0. The lowest BCUT2D eigenvalue weighted by Gasteiger charge is -2.26. The monoisotopic (exact) mass is 370 g/mol. The van der Waals surface area contributed by atoms with Gasteiger partial charge in [0.2, 0.25) is 0 Å². The fraction of sp³-hybridized carbons (Fsp3) is 0.316. The van der Waals surface area contributed by atoms with E-state index in [1.165, 1.54) is 6.33 Å².